The number of ether oxygens (including phenoxy) is 2. The highest BCUT2D eigenvalue weighted by Crippen LogP contribution is 2.70. The molecule has 0 aromatic heterocycles. The van der Waals surface area contributed by atoms with Gasteiger partial charge in [0.2, 0.25) is 0 Å². The minimum Gasteiger partial charge on any atom is -0.394 e. The lowest BCUT2D eigenvalue weighted by molar-refractivity contribution is -0.321. The Kier molecular flexibility index (Phi) is 6.11. The van der Waals surface area contributed by atoms with Gasteiger partial charge in [0.25, 0.3) is 0 Å². The van der Waals surface area contributed by atoms with Crippen LogP contribution in [0.1, 0.15) is 59.3 Å². The predicted molar refractivity (Wildman–Crippen MR) is 125 cm³/mol. The fraction of sp³-hybridized carbons (Fsp3) is 0.923. The lowest BCUT2D eigenvalue weighted by atomic mass is 9.59. The maximum atomic E-state index is 12.2. The third-order valence-electron chi connectivity index (χ3n) is 11.0. The number of hydrogen-bond donors (Lipinski definition) is 8. The van der Waals surface area contributed by atoms with Crippen LogP contribution in [-0.2, 0) is 9.47 Å². The van der Waals surface area contributed by atoms with Crippen molar-refractivity contribution < 1.29 is 50.3 Å². The summed E-state index contributed by atoms with van der Waals surface area (Å²) in [6.45, 7) is 8.94. The molecular formula is C26H42O10. The lowest BCUT2D eigenvalue weighted by Crippen LogP contribution is -2.61. The van der Waals surface area contributed by atoms with Gasteiger partial charge in [-0.15, -0.1) is 0 Å². The van der Waals surface area contributed by atoms with Crippen LogP contribution in [0, 0.1) is 22.7 Å². The molecule has 1 aliphatic heterocycles. The molecule has 206 valence electrons. The first-order valence-electron chi connectivity index (χ1n) is 13.1. The van der Waals surface area contributed by atoms with Crippen LogP contribution >= 0.6 is 0 Å². The molecule has 36 heavy (non-hydrogen) atoms. The van der Waals surface area contributed by atoms with Crippen LogP contribution in [0.25, 0.3) is 0 Å². The quantitative estimate of drug-likeness (QED) is 0.216. The summed E-state index contributed by atoms with van der Waals surface area (Å²) in [5.74, 6) is -0.746. The monoisotopic (exact) mass is 514 g/mol. The summed E-state index contributed by atoms with van der Waals surface area (Å²) in [4.78, 5) is 0. The van der Waals surface area contributed by atoms with E-state index in [0.717, 1.165) is 0 Å². The van der Waals surface area contributed by atoms with Crippen LogP contribution in [0.5, 0.6) is 0 Å². The highest BCUT2D eigenvalue weighted by molar-refractivity contribution is 5.36. The molecular weight excluding hydrogens is 472 g/mol. The molecule has 13 unspecified atom stereocenters. The average molecular weight is 515 g/mol. The number of aliphatic hydroxyl groups excluding tert-OH is 5. The topological polar surface area (TPSA) is 180 Å². The van der Waals surface area contributed by atoms with Gasteiger partial charge in [-0.2, -0.15) is 0 Å². The molecule has 4 saturated carbocycles. The van der Waals surface area contributed by atoms with E-state index in [2.05, 4.69) is 6.58 Å². The molecule has 2 bridgehead atoms. The molecule has 0 aromatic rings. The van der Waals surface area contributed by atoms with Crippen LogP contribution in [0.4, 0.5) is 0 Å². The third-order valence-corrected chi connectivity index (χ3v) is 11.0. The SMILES string of the molecule is C=C1C2CC(OC3OC(CO)C(O)C(O)C3O)C(C)(C)C2(O)C(O)CC23CC(CCC12O)C(C)(O)C3. The smallest absolute Gasteiger partial charge is 0.186 e. The number of aliphatic hydroxyl groups is 8. The van der Waals surface area contributed by atoms with Gasteiger partial charge in [-0.1, -0.05) is 20.4 Å². The van der Waals surface area contributed by atoms with Gasteiger partial charge in [0.15, 0.2) is 6.29 Å². The van der Waals surface area contributed by atoms with Gasteiger partial charge in [0, 0.05) is 16.7 Å². The van der Waals surface area contributed by atoms with E-state index in [1.165, 1.54) is 0 Å². The Morgan fingerprint density at radius 2 is 1.67 bits per heavy atom. The highest BCUT2D eigenvalue weighted by Gasteiger charge is 2.74. The molecule has 5 aliphatic rings. The second-order valence-electron chi connectivity index (χ2n) is 13.0. The summed E-state index contributed by atoms with van der Waals surface area (Å²) in [6.07, 6.45) is -7.21. The number of rotatable bonds is 3. The number of fused-ring (bicyclic) bond motifs is 2. The molecule has 5 fully saturated rings. The van der Waals surface area contributed by atoms with Crippen molar-refractivity contribution in [2.75, 3.05) is 6.61 Å². The van der Waals surface area contributed by atoms with Gasteiger partial charge in [-0.05, 0) is 56.9 Å². The Morgan fingerprint density at radius 3 is 2.31 bits per heavy atom. The Morgan fingerprint density at radius 1 is 1.00 bits per heavy atom. The van der Waals surface area contributed by atoms with E-state index in [4.69, 9.17) is 9.47 Å². The fourth-order valence-electron chi connectivity index (χ4n) is 8.64. The summed E-state index contributed by atoms with van der Waals surface area (Å²) in [5.41, 5.74) is -5.59. The van der Waals surface area contributed by atoms with Crippen molar-refractivity contribution in [3.8, 4) is 0 Å². The van der Waals surface area contributed by atoms with Crippen molar-refractivity contribution >= 4 is 0 Å². The van der Waals surface area contributed by atoms with E-state index < -0.39 is 83.1 Å². The van der Waals surface area contributed by atoms with Crippen LogP contribution in [0.15, 0.2) is 12.2 Å². The van der Waals surface area contributed by atoms with Gasteiger partial charge >= 0.3 is 0 Å². The molecule has 1 heterocycles. The van der Waals surface area contributed by atoms with E-state index in [0.29, 0.717) is 31.3 Å². The molecule has 8 N–H and O–H groups in total. The highest BCUT2D eigenvalue weighted by atomic mass is 16.7. The molecule has 0 amide bonds. The van der Waals surface area contributed by atoms with Crippen LogP contribution in [0.2, 0.25) is 0 Å². The van der Waals surface area contributed by atoms with Gasteiger partial charge in [-0.3, -0.25) is 0 Å². The minimum absolute atomic E-state index is 0.000590. The van der Waals surface area contributed by atoms with Crippen molar-refractivity contribution in [3.05, 3.63) is 12.2 Å². The zero-order chi connectivity index (χ0) is 26.6. The normalized spacial score (nSPS) is 58.3. The molecule has 5 rings (SSSR count). The largest absolute Gasteiger partial charge is 0.394 e. The minimum atomic E-state index is -1.74. The molecule has 0 radical (unpaired) electrons. The fourth-order valence-corrected chi connectivity index (χ4v) is 8.64. The number of hydrogen-bond acceptors (Lipinski definition) is 10. The van der Waals surface area contributed by atoms with Gasteiger partial charge in [-0.25, -0.2) is 0 Å². The maximum Gasteiger partial charge on any atom is 0.186 e. The standard InChI is InChI=1S/C26H42O10/c1-12-14-7-17(36-21-20(31)19(30)18(29)15(10-27)35-21)22(2,3)26(14,34)16(28)9-24-8-13(23(4,32)11-24)5-6-25(12,24)33/h13-21,27-34H,1,5-11H2,2-4H3. The third kappa shape index (κ3) is 3.27. The zero-order valence-electron chi connectivity index (χ0n) is 21.2. The summed E-state index contributed by atoms with van der Waals surface area (Å²) in [6, 6.07) is 0. The molecule has 13 atom stereocenters. The first-order valence-corrected chi connectivity index (χ1v) is 13.1. The van der Waals surface area contributed by atoms with Crippen LogP contribution in [0.3, 0.4) is 0 Å². The van der Waals surface area contributed by atoms with Gasteiger partial charge in [0.1, 0.15) is 30.0 Å². The Balaban J connectivity index is 1.48. The Bertz CT molecular complexity index is 905. The molecule has 4 aliphatic carbocycles. The summed E-state index contributed by atoms with van der Waals surface area (Å²) >= 11 is 0. The summed E-state index contributed by atoms with van der Waals surface area (Å²) in [7, 11) is 0. The maximum absolute atomic E-state index is 12.2. The second-order valence-corrected chi connectivity index (χ2v) is 13.0. The van der Waals surface area contributed by atoms with Crippen molar-refractivity contribution in [1.29, 1.82) is 0 Å². The van der Waals surface area contributed by atoms with Crippen molar-refractivity contribution in [1.82, 2.24) is 0 Å². The van der Waals surface area contributed by atoms with Crippen molar-refractivity contribution in [2.24, 2.45) is 22.7 Å². The lowest BCUT2D eigenvalue weighted by Gasteiger charge is -2.49. The van der Waals surface area contributed by atoms with Gasteiger partial charge in [0.05, 0.1) is 30.0 Å². The van der Waals surface area contributed by atoms with Crippen molar-refractivity contribution in [3.63, 3.8) is 0 Å². The Hall–Kier alpha value is -0.660. The van der Waals surface area contributed by atoms with E-state index in [1.54, 1.807) is 20.8 Å². The molecule has 0 aromatic carbocycles. The van der Waals surface area contributed by atoms with E-state index in [1.807, 2.05) is 0 Å². The van der Waals surface area contributed by atoms with E-state index in [-0.39, 0.29) is 18.8 Å². The summed E-state index contributed by atoms with van der Waals surface area (Å²) in [5, 5.41) is 87.4. The average Bonchev–Trinajstić information content (AvgIpc) is 3.13. The van der Waals surface area contributed by atoms with E-state index >= 15 is 0 Å². The second kappa shape index (κ2) is 8.17. The molecule has 10 nitrogen and oxygen atoms in total. The van der Waals surface area contributed by atoms with E-state index in [9.17, 15) is 40.9 Å². The molecule has 10 heteroatoms. The van der Waals surface area contributed by atoms with Gasteiger partial charge < -0.3 is 50.3 Å². The first kappa shape index (κ1) is 26.9. The predicted octanol–water partition coefficient (Wildman–Crippen LogP) is -1.06. The first-order chi connectivity index (χ1) is 16.6. The molecule has 1 saturated heterocycles. The Labute approximate surface area is 211 Å². The van der Waals surface area contributed by atoms with Crippen LogP contribution in [-0.4, -0.2) is 107 Å². The van der Waals surface area contributed by atoms with Crippen molar-refractivity contribution in [2.45, 2.75) is 119 Å². The van der Waals surface area contributed by atoms with Crippen LogP contribution < -0.4 is 0 Å². The summed E-state index contributed by atoms with van der Waals surface area (Å²) < 4.78 is 11.6. The molecule has 1 spiro atoms. The zero-order valence-corrected chi connectivity index (χ0v) is 21.2.